The van der Waals surface area contributed by atoms with Crippen LogP contribution in [0.2, 0.25) is 15.1 Å². The lowest BCUT2D eigenvalue weighted by Crippen LogP contribution is -2.12. The van der Waals surface area contributed by atoms with Gasteiger partial charge in [0, 0.05) is 22.2 Å². The predicted octanol–water partition coefficient (Wildman–Crippen LogP) is 6.67. The van der Waals surface area contributed by atoms with Gasteiger partial charge in [-0.1, -0.05) is 59.1 Å². The van der Waals surface area contributed by atoms with Gasteiger partial charge < -0.3 is 9.73 Å². The number of hydrogen-bond acceptors (Lipinski definition) is 3. The normalized spacial score (nSPS) is 10.9. The molecule has 0 aliphatic carbocycles. The van der Waals surface area contributed by atoms with Crippen LogP contribution in [0.4, 0.5) is 5.69 Å². The molecule has 1 N–H and O–H groups in total. The number of rotatable bonds is 3. The summed E-state index contributed by atoms with van der Waals surface area (Å²) in [6.07, 6.45) is 0. The highest BCUT2D eigenvalue weighted by Gasteiger charge is 2.13. The number of benzene rings is 3. The van der Waals surface area contributed by atoms with Gasteiger partial charge in [0.25, 0.3) is 5.91 Å². The first-order chi connectivity index (χ1) is 13.9. The van der Waals surface area contributed by atoms with Crippen LogP contribution in [0.5, 0.6) is 0 Å². The van der Waals surface area contributed by atoms with E-state index in [1.165, 1.54) is 6.07 Å². The molecule has 0 bridgehead atoms. The number of amides is 1. The van der Waals surface area contributed by atoms with Crippen LogP contribution in [0.3, 0.4) is 0 Å². The minimum atomic E-state index is -0.488. The smallest absolute Gasteiger partial charge is 0.344 e. The van der Waals surface area contributed by atoms with Crippen LogP contribution in [-0.2, 0) is 0 Å². The Kier molecular flexibility index (Phi) is 5.33. The van der Waals surface area contributed by atoms with E-state index in [1.807, 2.05) is 12.1 Å². The molecule has 4 aromatic rings. The number of carbonyl (C=O) groups is 1. The van der Waals surface area contributed by atoms with Crippen LogP contribution in [0.25, 0.3) is 22.1 Å². The van der Waals surface area contributed by atoms with Gasteiger partial charge in [-0.15, -0.1) is 0 Å². The van der Waals surface area contributed by atoms with Crippen LogP contribution in [-0.4, -0.2) is 5.91 Å². The van der Waals surface area contributed by atoms with Gasteiger partial charge in [-0.05, 0) is 42.5 Å². The van der Waals surface area contributed by atoms with Crippen molar-refractivity contribution in [1.82, 2.24) is 0 Å². The number of carbonyl (C=O) groups excluding carboxylic acids is 1. The first-order valence-electron chi connectivity index (χ1n) is 8.51. The summed E-state index contributed by atoms with van der Waals surface area (Å²) in [5, 5.41) is 4.49. The Morgan fingerprint density at radius 2 is 1.59 bits per heavy atom. The molecule has 4 nitrogen and oxygen atoms in total. The van der Waals surface area contributed by atoms with Crippen molar-refractivity contribution < 1.29 is 9.21 Å². The minimum absolute atomic E-state index is 0.288. The Morgan fingerprint density at radius 3 is 2.34 bits per heavy atom. The van der Waals surface area contributed by atoms with Gasteiger partial charge in [-0.25, -0.2) is 4.79 Å². The Balaban J connectivity index is 1.64. The van der Waals surface area contributed by atoms with Crippen LogP contribution in [0.1, 0.15) is 10.4 Å². The number of fused-ring (bicyclic) bond motifs is 1. The zero-order chi connectivity index (χ0) is 20.5. The maximum absolute atomic E-state index is 12.4. The number of nitrogens with one attached hydrogen (secondary N) is 1. The van der Waals surface area contributed by atoms with Crippen molar-refractivity contribution in [3.63, 3.8) is 0 Å². The number of hydrogen-bond donors (Lipinski definition) is 1. The summed E-state index contributed by atoms with van der Waals surface area (Å²) >= 11 is 18.2. The highest BCUT2D eigenvalue weighted by atomic mass is 35.5. The molecule has 1 heterocycles. The second-order valence-electron chi connectivity index (χ2n) is 6.26. The molecule has 0 saturated carbocycles. The molecule has 0 aliphatic rings. The quantitative estimate of drug-likeness (QED) is 0.359. The molecule has 0 saturated heterocycles. The highest BCUT2D eigenvalue weighted by Crippen LogP contribution is 2.30. The van der Waals surface area contributed by atoms with Crippen molar-refractivity contribution in [1.29, 1.82) is 0 Å². The monoisotopic (exact) mass is 443 g/mol. The Bertz CT molecular complexity index is 1310. The van der Waals surface area contributed by atoms with Crippen molar-refractivity contribution in [2.24, 2.45) is 0 Å². The van der Waals surface area contributed by atoms with Gasteiger partial charge in [0.05, 0.1) is 20.6 Å². The molecule has 1 aromatic heterocycles. The van der Waals surface area contributed by atoms with Crippen LogP contribution in [0, 0.1) is 0 Å². The van der Waals surface area contributed by atoms with E-state index in [9.17, 15) is 9.59 Å². The van der Waals surface area contributed by atoms with E-state index >= 15 is 0 Å². The van der Waals surface area contributed by atoms with Gasteiger partial charge in [0.15, 0.2) is 0 Å². The van der Waals surface area contributed by atoms with Crippen LogP contribution in [0.15, 0.2) is 75.9 Å². The molecule has 0 radical (unpaired) electrons. The van der Waals surface area contributed by atoms with E-state index < -0.39 is 5.63 Å². The number of halogens is 3. The standard InChI is InChI=1S/C22H12Cl3NO3/c23-17-8-5-13(10-19(17)25)21(27)26-14-6-7-15(18(24)11-14)16-9-12-3-1-2-4-20(12)29-22(16)28/h1-11H,(H,26,27). The first kappa shape index (κ1) is 19.5. The summed E-state index contributed by atoms with van der Waals surface area (Å²) < 4.78 is 5.37. The molecule has 29 heavy (non-hydrogen) atoms. The molecule has 1 amide bonds. The third kappa shape index (κ3) is 4.01. The average molecular weight is 445 g/mol. The lowest BCUT2D eigenvalue weighted by Gasteiger charge is -2.09. The number of anilines is 1. The Morgan fingerprint density at radius 1 is 0.793 bits per heavy atom. The molecular formula is C22H12Cl3NO3. The van der Waals surface area contributed by atoms with E-state index in [1.54, 1.807) is 48.5 Å². The molecule has 7 heteroatoms. The predicted molar refractivity (Wildman–Crippen MR) is 117 cm³/mol. The van der Waals surface area contributed by atoms with Gasteiger partial charge >= 0.3 is 5.63 Å². The second kappa shape index (κ2) is 7.91. The largest absolute Gasteiger partial charge is 0.422 e. The van der Waals surface area contributed by atoms with Crippen molar-refractivity contribution in [3.05, 3.63) is 97.8 Å². The maximum Gasteiger partial charge on any atom is 0.344 e. The average Bonchev–Trinajstić information content (AvgIpc) is 2.70. The molecular weight excluding hydrogens is 433 g/mol. The van der Waals surface area contributed by atoms with E-state index in [0.717, 1.165) is 5.39 Å². The van der Waals surface area contributed by atoms with Gasteiger partial charge in [-0.2, -0.15) is 0 Å². The fourth-order valence-corrected chi connectivity index (χ4v) is 3.48. The molecule has 3 aromatic carbocycles. The molecule has 0 unspecified atom stereocenters. The lowest BCUT2D eigenvalue weighted by molar-refractivity contribution is 0.102. The third-order valence-corrected chi connectivity index (χ3v) is 5.39. The van der Waals surface area contributed by atoms with Crippen LogP contribution < -0.4 is 10.9 Å². The fraction of sp³-hybridized carbons (Fsp3) is 0. The Hall–Kier alpha value is -2.79. The van der Waals surface area contributed by atoms with Crippen molar-refractivity contribution in [2.45, 2.75) is 0 Å². The van der Waals surface area contributed by atoms with Crippen molar-refractivity contribution in [2.75, 3.05) is 5.32 Å². The topological polar surface area (TPSA) is 59.3 Å². The molecule has 0 spiro atoms. The summed E-state index contributed by atoms with van der Waals surface area (Å²) in [6, 6.07) is 18.4. The highest BCUT2D eigenvalue weighted by molar-refractivity contribution is 6.42. The second-order valence-corrected chi connectivity index (χ2v) is 7.48. The molecule has 144 valence electrons. The van der Waals surface area contributed by atoms with E-state index in [2.05, 4.69) is 5.32 Å². The number of para-hydroxylation sites is 1. The zero-order valence-corrected chi connectivity index (χ0v) is 17.0. The first-order valence-corrected chi connectivity index (χ1v) is 9.65. The van der Waals surface area contributed by atoms with Crippen molar-refractivity contribution in [3.8, 4) is 11.1 Å². The maximum atomic E-state index is 12.4. The van der Waals surface area contributed by atoms with Gasteiger partial charge in [0.2, 0.25) is 0 Å². The Labute approximate surface area is 180 Å². The van der Waals surface area contributed by atoms with Gasteiger partial charge in [-0.3, -0.25) is 4.79 Å². The summed E-state index contributed by atoms with van der Waals surface area (Å²) in [6.45, 7) is 0. The molecule has 4 rings (SSSR count). The molecule has 0 fully saturated rings. The van der Waals surface area contributed by atoms with E-state index in [0.29, 0.717) is 38.0 Å². The minimum Gasteiger partial charge on any atom is -0.422 e. The molecule has 0 atom stereocenters. The summed E-state index contributed by atoms with van der Waals surface area (Å²) in [5.74, 6) is -0.363. The van der Waals surface area contributed by atoms with Crippen LogP contribution >= 0.6 is 34.8 Å². The summed E-state index contributed by atoms with van der Waals surface area (Å²) in [5.41, 5.74) is 1.70. The zero-order valence-electron chi connectivity index (χ0n) is 14.7. The van der Waals surface area contributed by atoms with Crippen molar-refractivity contribution >= 4 is 57.4 Å². The SMILES string of the molecule is O=C(Nc1ccc(-c2cc3ccccc3oc2=O)c(Cl)c1)c1ccc(Cl)c(Cl)c1. The lowest BCUT2D eigenvalue weighted by atomic mass is 10.1. The summed E-state index contributed by atoms with van der Waals surface area (Å²) in [7, 11) is 0. The summed E-state index contributed by atoms with van der Waals surface area (Å²) in [4.78, 5) is 24.8. The van der Waals surface area contributed by atoms with E-state index in [4.69, 9.17) is 39.2 Å². The van der Waals surface area contributed by atoms with E-state index in [-0.39, 0.29) is 10.9 Å². The van der Waals surface area contributed by atoms with Gasteiger partial charge in [0.1, 0.15) is 5.58 Å². The third-order valence-electron chi connectivity index (χ3n) is 4.34. The molecule has 0 aliphatic heterocycles. The fourth-order valence-electron chi connectivity index (χ4n) is 2.90.